The van der Waals surface area contributed by atoms with E-state index in [-0.39, 0.29) is 10.9 Å². The van der Waals surface area contributed by atoms with Crippen LogP contribution < -0.4 is 9.46 Å². The number of hydrogen-bond donors (Lipinski definition) is 1. The number of ether oxygens (including phenoxy) is 1. The lowest BCUT2D eigenvalue weighted by atomic mass is 10.2. The predicted molar refractivity (Wildman–Crippen MR) is 102 cm³/mol. The molecule has 3 rings (SSSR count). The Bertz CT molecular complexity index is 996. The number of nitrogens with one attached hydrogen (secondary N) is 1. The zero-order valence-electron chi connectivity index (χ0n) is 14.9. The molecule has 0 radical (unpaired) electrons. The van der Waals surface area contributed by atoms with Gasteiger partial charge in [0.1, 0.15) is 16.3 Å². The van der Waals surface area contributed by atoms with E-state index in [2.05, 4.69) is 9.82 Å². The highest BCUT2D eigenvalue weighted by Gasteiger charge is 2.25. The Kier molecular flexibility index (Phi) is 4.99. The normalized spacial score (nSPS) is 11.5. The van der Waals surface area contributed by atoms with Gasteiger partial charge in [0.15, 0.2) is 0 Å². The Morgan fingerprint density at radius 1 is 1.04 bits per heavy atom. The van der Waals surface area contributed by atoms with Gasteiger partial charge in [0, 0.05) is 17.8 Å². The number of sulfonamides is 1. The Hall–Kier alpha value is -2.80. The van der Waals surface area contributed by atoms with Crippen LogP contribution in [0.5, 0.6) is 5.75 Å². The molecule has 26 heavy (non-hydrogen) atoms. The van der Waals surface area contributed by atoms with Gasteiger partial charge in [-0.1, -0.05) is 42.5 Å². The highest BCUT2D eigenvalue weighted by Crippen LogP contribution is 2.31. The fourth-order valence-electron chi connectivity index (χ4n) is 2.56. The van der Waals surface area contributed by atoms with Gasteiger partial charge < -0.3 is 4.74 Å². The van der Waals surface area contributed by atoms with Crippen molar-refractivity contribution in [2.75, 3.05) is 11.8 Å². The maximum Gasteiger partial charge on any atom is 0.265 e. The SMILES string of the molecule is COc1ccccc1NS(=O)(=O)c1cn(C(C)C)nc1-c1ccccc1. The van der Waals surface area contributed by atoms with Crippen molar-refractivity contribution in [2.45, 2.75) is 24.8 Å². The smallest absolute Gasteiger partial charge is 0.265 e. The molecule has 2 aromatic carbocycles. The van der Waals surface area contributed by atoms with Crippen LogP contribution >= 0.6 is 0 Å². The topological polar surface area (TPSA) is 73.2 Å². The van der Waals surface area contributed by atoms with E-state index in [0.29, 0.717) is 17.1 Å². The third kappa shape index (κ3) is 3.57. The minimum absolute atomic E-state index is 0.0349. The summed E-state index contributed by atoms with van der Waals surface area (Å²) in [5.41, 5.74) is 1.54. The van der Waals surface area contributed by atoms with E-state index in [9.17, 15) is 8.42 Å². The van der Waals surface area contributed by atoms with Gasteiger partial charge in [-0.2, -0.15) is 5.10 Å². The van der Waals surface area contributed by atoms with Crippen molar-refractivity contribution in [2.24, 2.45) is 0 Å². The van der Waals surface area contributed by atoms with Gasteiger partial charge in [-0.15, -0.1) is 0 Å². The summed E-state index contributed by atoms with van der Waals surface area (Å²) >= 11 is 0. The van der Waals surface area contributed by atoms with Crippen LogP contribution in [0.3, 0.4) is 0 Å². The number of benzene rings is 2. The first kappa shape index (κ1) is 18.0. The van der Waals surface area contributed by atoms with Crippen molar-refractivity contribution >= 4 is 15.7 Å². The number of nitrogens with zero attached hydrogens (tertiary/aromatic N) is 2. The first-order chi connectivity index (χ1) is 12.4. The summed E-state index contributed by atoms with van der Waals surface area (Å²) in [4.78, 5) is 0.128. The van der Waals surface area contributed by atoms with Crippen molar-refractivity contribution in [1.82, 2.24) is 9.78 Å². The van der Waals surface area contributed by atoms with Gasteiger partial charge in [-0.05, 0) is 26.0 Å². The zero-order chi connectivity index (χ0) is 18.7. The van der Waals surface area contributed by atoms with Crippen molar-refractivity contribution < 1.29 is 13.2 Å². The molecule has 0 amide bonds. The van der Waals surface area contributed by atoms with Crippen molar-refractivity contribution in [3.05, 3.63) is 60.8 Å². The molecule has 0 bridgehead atoms. The third-order valence-electron chi connectivity index (χ3n) is 3.92. The zero-order valence-corrected chi connectivity index (χ0v) is 15.7. The standard InChI is InChI=1S/C19H21N3O3S/c1-14(2)22-13-18(19(20-22)15-9-5-4-6-10-15)26(23,24)21-16-11-7-8-12-17(16)25-3/h4-14,21H,1-3H3. The summed E-state index contributed by atoms with van der Waals surface area (Å²) in [6.07, 6.45) is 1.56. The lowest BCUT2D eigenvalue weighted by Crippen LogP contribution is -2.14. The molecule has 0 fully saturated rings. The van der Waals surface area contributed by atoms with Crippen LogP contribution in [0.4, 0.5) is 5.69 Å². The van der Waals surface area contributed by atoms with Gasteiger partial charge in [-0.3, -0.25) is 9.40 Å². The largest absolute Gasteiger partial charge is 0.495 e. The van der Waals surface area contributed by atoms with E-state index in [4.69, 9.17) is 4.74 Å². The van der Waals surface area contributed by atoms with Crippen LogP contribution in [0.2, 0.25) is 0 Å². The number of aromatic nitrogens is 2. The molecule has 0 unspecified atom stereocenters. The first-order valence-corrected chi connectivity index (χ1v) is 9.71. The fraction of sp³-hybridized carbons (Fsp3) is 0.211. The maximum absolute atomic E-state index is 13.1. The molecular weight excluding hydrogens is 350 g/mol. The van der Waals surface area contributed by atoms with E-state index in [1.807, 2.05) is 44.2 Å². The summed E-state index contributed by atoms with van der Waals surface area (Å²) in [5, 5.41) is 4.50. The number of rotatable bonds is 6. The molecule has 0 spiro atoms. The molecule has 6 nitrogen and oxygen atoms in total. The molecule has 3 aromatic rings. The van der Waals surface area contributed by atoms with Crippen LogP contribution in [0.25, 0.3) is 11.3 Å². The van der Waals surface area contributed by atoms with Gasteiger partial charge >= 0.3 is 0 Å². The van der Waals surface area contributed by atoms with Crippen LogP contribution in [-0.2, 0) is 10.0 Å². The minimum atomic E-state index is -3.85. The van der Waals surface area contributed by atoms with Gasteiger partial charge in [-0.25, -0.2) is 8.42 Å². The molecule has 1 N–H and O–H groups in total. The first-order valence-electron chi connectivity index (χ1n) is 8.23. The minimum Gasteiger partial charge on any atom is -0.495 e. The van der Waals surface area contributed by atoms with Gasteiger partial charge in [0.05, 0.1) is 12.8 Å². The maximum atomic E-state index is 13.1. The van der Waals surface area contributed by atoms with E-state index in [1.54, 1.807) is 35.1 Å². The molecule has 0 aliphatic carbocycles. The van der Waals surface area contributed by atoms with E-state index in [0.717, 1.165) is 5.56 Å². The van der Waals surface area contributed by atoms with Crippen LogP contribution in [0.15, 0.2) is 65.7 Å². The van der Waals surface area contributed by atoms with Crippen LogP contribution in [-0.4, -0.2) is 25.3 Å². The Balaban J connectivity index is 2.09. The average molecular weight is 371 g/mol. The molecule has 1 heterocycles. The quantitative estimate of drug-likeness (QED) is 0.712. The van der Waals surface area contributed by atoms with E-state index >= 15 is 0 Å². The third-order valence-corrected chi connectivity index (χ3v) is 5.28. The fourth-order valence-corrected chi connectivity index (χ4v) is 3.79. The Morgan fingerprint density at radius 2 is 1.69 bits per heavy atom. The van der Waals surface area contributed by atoms with Crippen LogP contribution in [0.1, 0.15) is 19.9 Å². The van der Waals surface area contributed by atoms with E-state index < -0.39 is 10.0 Å². The monoisotopic (exact) mass is 371 g/mol. The van der Waals surface area contributed by atoms with Crippen LogP contribution in [0, 0.1) is 0 Å². The van der Waals surface area contributed by atoms with Crippen molar-refractivity contribution in [3.8, 4) is 17.0 Å². The number of para-hydroxylation sites is 2. The molecule has 7 heteroatoms. The molecule has 0 aliphatic heterocycles. The molecule has 1 aromatic heterocycles. The van der Waals surface area contributed by atoms with E-state index in [1.165, 1.54) is 7.11 Å². The number of methoxy groups -OCH3 is 1. The average Bonchev–Trinajstić information content (AvgIpc) is 3.09. The number of anilines is 1. The summed E-state index contributed by atoms with van der Waals surface area (Å²) < 4.78 is 35.7. The second-order valence-corrected chi connectivity index (χ2v) is 7.74. The van der Waals surface area contributed by atoms with Gasteiger partial charge in [0.25, 0.3) is 10.0 Å². The highest BCUT2D eigenvalue weighted by atomic mass is 32.2. The Morgan fingerprint density at radius 3 is 2.35 bits per heavy atom. The molecule has 0 saturated carbocycles. The Labute approximate surface area is 153 Å². The summed E-state index contributed by atoms with van der Waals surface area (Å²) in [6.45, 7) is 3.90. The highest BCUT2D eigenvalue weighted by molar-refractivity contribution is 7.92. The summed E-state index contributed by atoms with van der Waals surface area (Å²) in [7, 11) is -2.35. The molecule has 0 saturated heterocycles. The predicted octanol–water partition coefficient (Wildman–Crippen LogP) is 3.94. The summed E-state index contributed by atoms with van der Waals surface area (Å²) in [6, 6.07) is 16.2. The molecule has 0 atom stereocenters. The summed E-state index contributed by atoms with van der Waals surface area (Å²) in [5.74, 6) is 0.452. The molecule has 136 valence electrons. The number of hydrogen-bond acceptors (Lipinski definition) is 4. The molecular formula is C19H21N3O3S. The lowest BCUT2D eigenvalue weighted by Gasteiger charge is -2.11. The lowest BCUT2D eigenvalue weighted by molar-refractivity contribution is 0.417. The van der Waals surface area contributed by atoms with Crippen molar-refractivity contribution in [1.29, 1.82) is 0 Å². The van der Waals surface area contributed by atoms with Gasteiger partial charge in [0.2, 0.25) is 0 Å². The van der Waals surface area contributed by atoms with Crippen molar-refractivity contribution in [3.63, 3.8) is 0 Å². The molecule has 0 aliphatic rings. The second kappa shape index (κ2) is 7.21. The second-order valence-electron chi connectivity index (χ2n) is 6.09.